The van der Waals surface area contributed by atoms with Crippen molar-refractivity contribution in [1.29, 1.82) is 0 Å². The standard InChI is InChI=1S/C10H18O3/c1-10(7-11)5-4-9(13-10)8-3-2-6-12-8/h8-9,11H,2-7H2,1H3. The highest BCUT2D eigenvalue weighted by Gasteiger charge is 2.40. The molecule has 2 saturated heterocycles. The Hall–Kier alpha value is -0.120. The Morgan fingerprint density at radius 3 is 2.77 bits per heavy atom. The van der Waals surface area contributed by atoms with Crippen molar-refractivity contribution in [3.8, 4) is 0 Å². The summed E-state index contributed by atoms with van der Waals surface area (Å²) in [6.07, 6.45) is 4.76. The fraction of sp³-hybridized carbons (Fsp3) is 1.00. The van der Waals surface area contributed by atoms with Crippen LogP contribution in [0.1, 0.15) is 32.6 Å². The second-order valence-electron chi connectivity index (χ2n) is 4.35. The molecule has 0 radical (unpaired) electrons. The minimum absolute atomic E-state index is 0.121. The van der Waals surface area contributed by atoms with Gasteiger partial charge in [-0.15, -0.1) is 0 Å². The molecule has 3 nitrogen and oxygen atoms in total. The SMILES string of the molecule is CC1(CO)CCC(C2CCCO2)O1. The summed E-state index contributed by atoms with van der Waals surface area (Å²) in [7, 11) is 0. The Morgan fingerprint density at radius 1 is 1.38 bits per heavy atom. The Balaban J connectivity index is 1.90. The van der Waals surface area contributed by atoms with Gasteiger partial charge in [0.15, 0.2) is 0 Å². The second kappa shape index (κ2) is 3.56. The third-order valence-electron chi connectivity index (χ3n) is 3.11. The molecule has 13 heavy (non-hydrogen) atoms. The summed E-state index contributed by atoms with van der Waals surface area (Å²) in [4.78, 5) is 0. The molecule has 0 aromatic carbocycles. The van der Waals surface area contributed by atoms with Crippen molar-refractivity contribution in [2.45, 2.75) is 50.4 Å². The van der Waals surface area contributed by atoms with E-state index in [2.05, 4.69) is 0 Å². The Kier molecular flexibility index (Phi) is 2.58. The Labute approximate surface area is 79.0 Å². The van der Waals surface area contributed by atoms with E-state index < -0.39 is 0 Å². The molecular weight excluding hydrogens is 168 g/mol. The Bertz CT molecular complexity index is 177. The van der Waals surface area contributed by atoms with Gasteiger partial charge in [0.1, 0.15) is 0 Å². The van der Waals surface area contributed by atoms with Gasteiger partial charge < -0.3 is 14.6 Å². The molecular formula is C10H18O3. The van der Waals surface area contributed by atoms with Crippen molar-refractivity contribution in [3.05, 3.63) is 0 Å². The maximum atomic E-state index is 9.12. The van der Waals surface area contributed by atoms with Crippen LogP contribution in [0.15, 0.2) is 0 Å². The maximum absolute atomic E-state index is 9.12. The van der Waals surface area contributed by atoms with Crippen LogP contribution < -0.4 is 0 Å². The average Bonchev–Trinajstić information content (AvgIpc) is 2.73. The third-order valence-corrected chi connectivity index (χ3v) is 3.11. The fourth-order valence-corrected chi connectivity index (χ4v) is 2.20. The lowest BCUT2D eigenvalue weighted by Crippen LogP contribution is -2.33. The van der Waals surface area contributed by atoms with Crippen LogP contribution >= 0.6 is 0 Å². The molecule has 2 heterocycles. The van der Waals surface area contributed by atoms with E-state index in [4.69, 9.17) is 14.6 Å². The zero-order valence-electron chi connectivity index (χ0n) is 8.16. The van der Waals surface area contributed by atoms with Crippen LogP contribution in [-0.2, 0) is 9.47 Å². The molecule has 2 aliphatic heterocycles. The second-order valence-corrected chi connectivity index (χ2v) is 4.35. The van der Waals surface area contributed by atoms with Crippen LogP contribution in [0.25, 0.3) is 0 Å². The van der Waals surface area contributed by atoms with Gasteiger partial charge in [-0.05, 0) is 32.6 Å². The molecule has 3 heteroatoms. The first kappa shape index (κ1) is 9.44. The molecule has 0 amide bonds. The quantitative estimate of drug-likeness (QED) is 0.701. The monoisotopic (exact) mass is 186 g/mol. The largest absolute Gasteiger partial charge is 0.393 e. The van der Waals surface area contributed by atoms with Crippen LogP contribution in [0.5, 0.6) is 0 Å². The van der Waals surface area contributed by atoms with Crippen LogP contribution in [0.4, 0.5) is 0 Å². The first-order chi connectivity index (χ1) is 6.23. The van der Waals surface area contributed by atoms with E-state index in [9.17, 15) is 0 Å². The highest BCUT2D eigenvalue weighted by molar-refractivity contribution is 4.89. The molecule has 2 fully saturated rings. The van der Waals surface area contributed by atoms with E-state index in [-0.39, 0.29) is 24.4 Å². The van der Waals surface area contributed by atoms with Crippen molar-refractivity contribution in [1.82, 2.24) is 0 Å². The van der Waals surface area contributed by atoms with Gasteiger partial charge in [0.25, 0.3) is 0 Å². The number of rotatable bonds is 2. The molecule has 3 atom stereocenters. The summed E-state index contributed by atoms with van der Waals surface area (Å²) >= 11 is 0. The molecule has 0 spiro atoms. The third kappa shape index (κ3) is 1.87. The summed E-state index contributed by atoms with van der Waals surface area (Å²) in [5.41, 5.74) is -0.309. The molecule has 2 aliphatic rings. The molecule has 0 aromatic rings. The van der Waals surface area contributed by atoms with Crippen molar-refractivity contribution >= 4 is 0 Å². The molecule has 0 aliphatic carbocycles. The average molecular weight is 186 g/mol. The molecule has 0 aromatic heterocycles. The van der Waals surface area contributed by atoms with E-state index in [0.717, 1.165) is 32.3 Å². The summed E-state index contributed by atoms with van der Waals surface area (Å²) < 4.78 is 11.4. The van der Waals surface area contributed by atoms with Gasteiger partial charge in [-0.1, -0.05) is 0 Å². The van der Waals surface area contributed by atoms with Crippen molar-refractivity contribution in [2.24, 2.45) is 0 Å². The van der Waals surface area contributed by atoms with Crippen molar-refractivity contribution in [2.75, 3.05) is 13.2 Å². The number of aliphatic hydroxyl groups excluding tert-OH is 1. The van der Waals surface area contributed by atoms with Crippen LogP contribution in [0, 0.1) is 0 Å². The summed E-state index contributed by atoms with van der Waals surface area (Å²) in [5, 5.41) is 9.12. The van der Waals surface area contributed by atoms with Gasteiger partial charge in [0, 0.05) is 6.61 Å². The lowest BCUT2D eigenvalue weighted by atomic mass is 10.0. The predicted molar refractivity (Wildman–Crippen MR) is 48.6 cm³/mol. The van der Waals surface area contributed by atoms with Gasteiger partial charge in [0.2, 0.25) is 0 Å². The van der Waals surface area contributed by atoms with Gasteiger partial charge >= 0.3 is 0 Å². The molecule has 3 unspecified atom stereocenters. The van der Waals surface area contributed by atoms with Crippen molar-refractivity contribution < 1.29 is 14.6 Å². The van der Waals surface area contributed by atoms with Crippen LogP contribution in [0.3, 0.4) is 0 Å². The van der Waals surface area contributed by atoms with E-state index in [1.807, 2.05) is 6.92 Å². The van der Waals surface area contributed by atoms with E-state index >= 15 is 0 Å². The maximum Gasteiger partial charge on any atom is 0.0890 e. The highest BCUT2D eigenvalue weighted by Crippen LogP contribution is 2.34. The topological polar surface area (TPSA) is 38.7 Å². The van der Waals surface area contributed by atoms with E-state index in [0.29, 0.717) is 0 Å². The van der Waals surface area contributed by atoms with Gasteiger partial charge in [-0.2, -0.15) is 0 Å². The normalized spacial score (nSPS) is 45.7. The van der Waals surface area contributed by atoms with E-state index in [1.54, 1.807) is 0 Å². The predicted octanol–water partition coefficient (Wildman–Crippen LogP) is 1.10. The fourth-order valence-electron chi connectivity index (χ4n) is 2.20. The number of hydrogen-bond donors (Lipinski definition) is 1. The lowest BCUT2D eigenvalue weighted by Gasteiger charge is -2.24. The minimum Gasteiger partial charge on any atom is -0.393 e. The van der Waals surface area contributed by atoms with Crippen LogP contribution in [0.2, 0.25) is 0 Å². The smallest absolute Gasteiger partial charge is 0.0890 e. The van der Waals surface area contributed by atoms with Crippen molar-refractivity contribution in [3.63, 3.8) is 0 Å². The number of aliphatic hydroxyl groups is 1. The zero-order valence-corrected chi connectivity index (χ0v) is 8.16. The summed E-state index contributed by atoms with van der Waals surface area (Å²) in [6, 6.07) is 0. The van der Waals surface area contributed by atoms with Gasteiger partial charge in [0.05, 0.1) is 24.4 Å². The number of ether oxygens (including phenoxy) is 2. The summed E-state index contributed by atoms with van der Waals surface area (Å²) in [5.74, 6) is 0. The van der Waals surface area contributed by atoms with E-state index in [1.165, 1.54) is 0 Å². The molecule has 0 bridgehead atoms. The molecule has 1 N–H and O–H groups in total. The summed E-state index contributed by atoms with van der Waals surface area (Å²) in [6.45, 7) is 2.97. The minimum atomic E-state index is -0.309. The van der Waals surface area contributed by atoms with Crippen LogP contribution in [-0.4, -0.2) is 36.1 Å². The molecule has 0 saturated carbocycles. The van der Waals surface area contributed by atoms with Gasteiger partial charge in [-0.3, -0.25) is 0 Å². The molecule has 76 valence electrons. The van der Waals surface area contributed by atoms with Gasteiger partial charge in [-0.25, -0.2) is 0 Å². The lowest BCUT2D eigenvalue weighted by molar-refractivity contribution is -0.103. The molecule has 2 rings (SSSR count). The first-order valence-electron chi connectivity index (χ1n) is 5.14. The first-order valence-corrected chi connectivity index (χ1v) is 5.14. The highest BCUT2D eigenvalue weighted by atomic mass is 16.6. The Morgan fingerprint density at radius 2 is 2.23 bits per heavy atom. The number of hydrogen-bond acceptors (Lipinski definition) is 3. The zero-order chi connectivity index (χ0) is 9.31.